The zero-order valence-corrected chi connectivity index (χ0v) is 18.4. The minimum atomic E-state index is -0.905. The van der Waals surface area contributed by atoms with E-state index in [1.807, 2.05) is 0 Å². The molecule has 0 aliphatic carbocycles. The lowest BCUT2D eigenvalue weighted by molar-refractivity contribution is -0.385. The van der Waals surface area contributed by atoms with Crippen LogP contribution >= 0.6 is 15.9 Å². The molecule has 1 aliphatic rings. The maximum atomic E-state index is 13.2. The molecule has 2 aromatic carbocycles. The number of allylic oxidation sites excluding steroid dienone is 1. The molecule has 10 nitrogen and oxygen atoms in total. The Morgan fingerprint density at radius 3 is 2.58 bits per heavy atom. The topological polar surface area (TPSA) is 132 Å². The van der Waals surface area contributed by atoms with Gasteiger partial charge >= 0.3 is 6.03 Å². The summed E-state index contributed by atoms with van der Waals surface area (Å²) in [6, 6.07) is 7.91. The molecule has 1 heterocycles. The van der Waals surface area contributed by atoms with E-state index in [-0.39, 0.29) is 15.7 Å². The highest BCUT2D eigenvalue weighted by molar-refractivity contribution is 9.10. The fourth-order valence-corrected chi connectivity index (χ4v) is 3.59. The lowest BCUT2D eigenvalue weighted by Gasteiger charge is -2.28. The van der Waals surface area contributed by atoms with Gasteiger partial charge in [-0.15, -0.1) is 0 Å². The highest BCUT2D eigenvalue weighted by Gasteiger charge is 2.32. The van der Waals surface area contributed by atoms with E-state index in [1.54, 1.807) is 31.2 Å². The number of nitrogens with zero attached hydrogens (tertiary/aromatic N) is 1. The Hall–Kier alpha value is -3.60. The second-order valence-corrected chi connectivity index (χ2v) is 7.41. The van der Waals surface area contributed by atoms with Gasteiger partial charge in [0, 0.05) is 17.8 Å². The first-order valence-electron chi connectivity index (χ1n) is 9.00. The van der Waals surface area contributed by atoms with Crippen molar-refractivity contribution in [3.05, 3.63) is 67.8 Å². The van der Waals surface area contributed by atoms with E-state index < -0.39 is 22.9 Å². The molecule has 162 valence electrons. The summed E-state index contributed by atoms with van der Waals surface area (Å²) in [5.74, 6) is 0.403. The first kappa shape index (κ1) is 22.1. The Morgan fingerprint density at radius 1 is 1.19 bits per heavy atom. The van der Waals surface area contributed by atoms with Gasteiger partial charge in [0.2, 0.25) is 0 Å². The number of ether oxygens (including phenoxy) is 2. The number of methoxy groups -OCH3 is 2. The minimum Gasteiger partial charge on any atom is -0.497 e. The molecule has 11 heteroatoms. The summed E-state index contributed by atoms with van der Waals surface area (Å²) in [5, 5.41) is 19.3. The number of benzene rings is 2. The average Bonchev–Trinajstić information content (AvgIpc) is 2.73. The largest absolute Gasteiger partial charge is 0.497 e. The number of nitrogens with one attached hydrogen (secondary N) is 3. The van der Waals surface area contributed by atoms with Crippen LogP contribution in [0.25, 0.3) is 0 Å². The fourth-order valence-electron chi connectivity index (χ4n) is 3.20. The van der Waals surface area contributed by atoms with E-state index in [1.165, 1.54) is 26.4 Å². The number of amides is 3. The highest BCUT2D eigenvalue weighted by atomic mass is 79.9. The average molecular weight is 491 g/mol. The molecule has 0 spiro atoms. The van der Waals surface area contributed by atoms with Gasteiger partial charge in [-0.25, -0.2) is 4.79 Å². The number of hydrogen-bond donors (Lipinski definition) is 3. The molecule has 2 aromatic rings. The van der Waals surface area contributed by atoms with Crippen LogP contribution in [0, 0.1) is 10.1 Å². The zero-order chi connectivity index (χ0) is 22.7. The van der Waals surface area contributed by atoms with Crippen molar-refractivity contribution in [1.82, 2.24) is 10.6 Å². The van der Waals surface area contributed by atoms with Crippen LogP contribution in [0.2, 0.25) is 0 Å². The molecule has 0 saturated carbocycles. The van der Waals surface area contributed by atoms with Gasteiger partial charge in [-0.2, -0.15) is 0 Å². The highest BCUT2D eigenvalue weighted by Crippen LogP contribution is 2.34. The van der Waals surface area contributed by atoms with E-state index in [0.29, 0.717) is 28.4 Å². The predicted octanol–water partition coefficient (Wildman–Crippen LogP) is 3.64. The fraction of sp³-hybridized carbons (Fsp3) is 0.200. The van der Waals surface area contributed by atoms with Crippen molar-refractivity contribution in [3.8, 4) is 11.5 Å². The summed E-state index contributed by atoms with van der Waals surface area (Å²) < 4.78 is 10.8. The standard InChI is InChI=1S/C20H19BrN4O6/c1-10-17(19(26)23-14-9-12(30-2)5-7-16(14)31-3)18(24-20(27)22-10)11-4-6-13(21)15(8-11)25(28)29/h4-9,18H,1-3H3,(H,23,26)(H2,22,24,27). The lowest BCUT2D eigenvalue weighted by Crippen LogP contribution is -2.46. The number of carbonyl (C=O) groups excluding carboxylic acids is 2. The Labute approximate surface area is 185 Å². The van der Waals surface area contributed by atoms with Gasteiger partial charge < -0.3 is 25.4 Å². The molecule has 0 aromatic heterocycles. The third-order valence-electron chi connectivity index (χ3n) is 4.67. The normalized spacial score (nSPS) is 15.6. The SMILES string of the molecule is COc1ccc(OC)c(NC(=O)C2=C(C)NC(=O)NC2c2ccc(Br)c([N+](=O)[O-])c2)c1. The molecule has 1 atom stereocenters. The number of rotatable bonds is 6. The number of nitro groups is 1. The summed E-state index contributed by atoms with van der Waals surface area (Å²) in [5.41, 5.74) is 1.08. The molecule has 3 amide bonds. The van der Waals surface area contributed by atoms with Gasteiger partial charge in [0.15, 0.2) is 0 Å². The van der Waals surface area contributed by atoms with E-state index >= 15 is 0 Å². The molecule has 0 saturated heterocycles. The van der Waals surface area contributed by atoms with E-state index in [9.17, 15) is 19.7 Å². The summed E-state index contributed by atoms with van der Waals surface area (Å²) in [6.07, 6.45) is 0. The molecule has 0 fully saturated rings. The molecule has 3 rings (SSSR count). The second-order valence-electron chi connectivity index (χ2n) is 6.56. The van der Waals surface area contributed by atoms with Crippen LogP contribution in [0.3, 0.4) is 0 Å². The summed E-state index contributed by atoms with van der Waals surface area (Å²) in [7, 11) is 2.96. The van der Waals surface area contributed by atoms with Crippen molar-refractivity contribution in [1.29, 1.82) is 0 Å². The van der Waals surface area contributed by atoms with E-state index in [0.717, 1.165) is 0 Å². The smallest absolute Gasteiger partial charge is 0.319 e. The molecule has 1 unspecified atom stereocenters. The predicted molar refractivity (Wildman–Crippen MR) is 116 cm³/mol. The van der Waals surface area contributed by atoms with Crippen LogP contribution in [-0.4, -0.2) is 31.1 Å². The monoisotopic (exact) mass is 490 g/mol. The van der Waals surface area contributed by atoms with Crippen molar-refractivity contribution >= 4 is 39.2 Å². The van der Waals surface area contributed by atoms with Crippen LogP contribution in [0.15, 0.2) is 52.1 Å². The van der Waals surface area contributed by atoms with E-state index in [4.69, 9.17) is 9.47 Å². The van der Waals surface area contributed by atoms with Crippen LogP contribution in [0.1, 0.15) is 18.5 Å². The minimum absolute atomic E-state index is 0.183. The van der Waals surface area contributed by atoms with Crippen molar-refractivity contribution in [2.24, 2.45) is 0 Å². The molecule has 31 heavy (non-hydrogen) atoms. The number of anilines is 1. The zero-order valence-electron chi connectivity index (χ0n) is 16.8. The van der Waals surface area contributed by atoms with Gasteiger partial charge in [-0.05, 0) is 46.6 Å². The number of nitro benzene ring substituents is 1. The van der Waals surface area contributed by atoms with Crippen molar-refractivity contribution < 1.29 is 24.0 Å². The van der Waals surface area contributed by atoms with Crippen LogP contribution < -0.4 is 25.4 Å². The molecule has 0 radical (unpaired) electrons. The Bertz CT molecular complexity index is 1100. The maximum Gasteiger partial charge on any atom is 0.319 e. The molecular weight excluding hydrogens is 472 g/mol. The number of carbonyl (C=O) groups is 2. The first-order chi connectivity index (χ1) is 14.7. The Kier molecular flexibility index (Phi) is 6.44. The second kappa shape index (κ2) is 9.04. The Morgan fingerprint density at radius 2 is 1.94 bits per heavy atom. The van der Waals surface area contributed by atoms with Crippen LogP contribution in [0.5, 0.6) is 11.5 Å². The summed E-state index contributed by atoms with van der Waals surface area (Å²) in [6.45, 7) is 1.58. The quantitative estimate of drug-likeness (QED) is 0.418. The first-order valence-corrected chi connectivity index (χ1v) is 9.80. The van der Waals surface area contributed by atoms with Crippen LogP contribution in [0.4, 0.5) is 16.2 Å². The van der Waals surface area contributed by atoms with E-state index in [2.05, 4.69) is 31.9 Å². The number of urea groups is 1. The summed E-state index contributed by atoms with van der Waals surface area (Å²) in [4.78, 5) is 36.1. The van der Waals surface area contributed by atoms with Crippen molar-refractivity contribution in [2.45, 2.75) is 13.0 Å². The van der Waals surface area contributed by atoms with Crippen molar-refractivity contribution in [2.75, 3.05) is 19.5 Å². The third-order valence-corrected chi connectivity index (χ3v) is 5.34. The van der Waals surface area contributed by atoms with Gasteiger partial charge in [-0.3, -0.25) is 14.9 Å². The van der Waals surface area contributed by atoms with Gasteiger partial charge in [0.05, 0.1) is 40.9 Å². The lowest BCUT2D eigenvalue weighted by atomic mass is 9.94. The van der Waals surface area contributed by atoms with Gasteiger partial charge in [-0.1, -0.05) is 6.07 Å². The van der Waals surface area contributed by atoms with Crippen molar-refractivity contribution in [3.63, 3.8) is 0 Å². The van der Waals surface area contributed by atoms with Gasteiger partial charge in [0.1, 0.15) is 11.5 Å². The van der Waals surface area contributed by atoms with Gasteiger partial charge in [0.25, 0.3) is 11.6 Å². The number of hydrogen-bond acceptors (Lipinski definition) is 6. The molecular formula is C20H19BrN4O6. The van der Waals surface area contributed by atoms with Crippen LogP contribution in [-0.2, 0) is 4.79 Å². The molecule has 0 bridgehead atoms. The maximum absolute atomic E-state index is 13.2. The summed E-state index contributed by atoms with van der Waals surface area (Å²) >= 11 is 3.14. The molecule has 3 N–H and O–H groups in total. The Balaban J connectivity index is 2.02. The molecule has 1 aliphatic heterocycles. The number of halogens is 1. The third kappa shape index (κ3) is 4.61.